The summed E-state index contributed by atoms with van der Waals surface area (Å²) in [5.74, 6) is 0. The molecule has 0 fully saturated rings. The number of hydrogen-bond acceptors (Lipinski definition) is 1. The monoisotopic (exact) mass is 239 g/mol. The first kappa shape index (κ1) is 12.8. The van der Waals surface area contributed by atoms with Gasteiger partial charge in [0.05, 0.1) is 6.04 Å². The highest BCUT2D eigenvalue weighted by atomic mass is 14.9. The van der Waals surface area contributed by atoms with Crippen LogP contribution in [-0.2, 0) is 0 Å². The molecule has 1 heteroatoms. The highest BCUT2D eigenvalue weighted by molar-refractivity contribution is 5.44. The van der Waals surface area contributed by atoms with E-state index in [-0.39, 0.29) is 6.04 Å². The molecule has 94 valence electrons. The summed E-state index contributed by atoms with van der Waals surface area (Å²) >= 11 is 0. The van der Waals surface area contributed by atoms with E-state index in [9.17, 15) is 0 Å². The summed E-state index contributed by atoms with van der Waals surface area (Å²) in [5.41, 5.74) is 6.76. The zero-order chi connectivity index (χ0) is 13.1. The van der Waals surface area contributed by atoms with Gasteiger partial charge in [-0.05, 0) is 50.1 Å². The molecule has 0 aromatic heterocycles. The zero-order valence-electron chi connectivity index (χ0n) is 11.6. The van der Waals surface area contributed by atoms with E-state index in [0.29, 0.717) is 0 Å². The lowest BCUT2D eigenvalue weighted by molar-refractivity contribution is 0.683. The fraction of sp³-hybridized carbons (Fsp3) is 0.294. The molecule has 2 rings (SSSR count). The van der Waals surface area contributed by atoms with Gasteiger partial charge in [0, 0.05) is 0 Å². The average Bonchev–Trinajstić information content (AvgIpc) is 2.34. The fourth-order valence-corrected chi connectivity index (χ4v) is 2.77. The molecule has 0 aliphatic heterocycles. The second-order valence-electron chi connectivity index (χ2n) is 4.94. The van der Waals surface area contributed by atoms with E-state index in [2.05, 4.69) is 68.6 Å². The van der Waals surface area contributed by atoms with Crippen molar-refractivity contribution in [2.45, 2.75) is 26.8 Å². The maximum absolute atomic E-state index is 3.44. The van der Waals surface area contributed by atoms with Crippen molar-refractivity contribution < 1.29 is 0 Å². The molecule has 0 saturated carbocycles. The molecule has 2 aromatic rings. The first-order valence-electron chi connectivity index (χ1n) is 6.43. The number of nitrogens with one attached hydrogen (secondary N) is 1. The number of hydrogen-bond donors (Lipinski definition) is 1. The Hall–Kier alpha value is -1.60. The van der Waals surface area contributed by atoms with Gasteiger partial charge in [-0.25, -0.2) is 0 Å². The molecule has 18 heavy (non-hydrogen) atoms. The summed E-state index contributed by atoms with van der Waals surface area (Å²) < 4.78 is 0. The highest BCUT2D eigenvalue weighted by Crippen LogP contribution is 2.28. The minimum absolute atomic E-state index is 0.270. The first-order chi connectivity index (χ1) is 8.63. The smallest absolute Gasteiger partial charge is 0.0579 e. The SMILES string of the molecule is CNC(c1ccccc1)c1c(C)cc(C)cc1C. The molecule has 0 amide bonds. The third kappa shape index (κ3) is 2.46. The van der Waals surface area contributed by atoms with Gasteiger partial charge in [0.15, 0.2) is 0 Å². The Balaban J connectivity index is 2.52. The number of aryl methyl sites for hydroxylation is 3. The van der Waals surface area contributed by atoms with E-state index in [1.807, 2.05) is 7.05 Å². The molecule has 0 aliphatic carbocycles. The molecule has 0 spiro atoms. The molecule has 0 heterocycles. The second-order valence-corrected chi connectivity index (χ2v) is 4.94. The van der Waals surface area contributed by atoms with Crippen molar-refractivity contribution in [3.05, 3.63) is 70.3 Å². The molecule has 0 bridgehead atoms. The number of benzene rings is 2. The van der Waals surface area contributed by atoms with Gasteiger partial charge in [0.1, 0.15) is 0 Å². The Morgan fingerprint density at radius 1 is 0.889 bits per heavy atom. The van der Waals surface area contributed by atoms with Crippen LogP contribution in [0.4, 0.5) is 0 Å². The van der Waals surface area contributed by atoms with Crippen LogP contribution in [0.2, 0.25) is 0 Å². The van der Waals surface area contributed by atoms with E-state index in [1.54, 1.807) is 0 Å². The summed E-state index contributed by atoms with van der Waals surface area (Å²) in [5, 5.41) is 3.44. The molecule has 1 nitrogen and oxygen atoms in total. The Kier molecular flexibility index (Phi) is 3.83. The average molecular weight is 239 g/mol. The van der Waals surface area contributed by atoms with Gasteiger partial charge in [0.2, 0.25) is 0 Å². The van der Waals surface area contributed by atoms with Crippen LogP contribution >= 0.6 is 0 Å². The van der Waals surface area contributed by atoms with Gasteiger partial charge < -0.3 is 5.32 Å². The van der Waals surface area contributed by atoms with Gasteiger partial charge >= 0.3 is 0 Å². The lowest BCUT2D eigenvalue weighted by Gasteiger charge is -2.22. The van der Waals surface area contributed by atoms with Gasteiger partial charge in [-0.2, -0.15) is 0 Å². The lowest BCUT2D eigenvalue weighted by Crippen LogP contribution is -2.19. The lowest BCUT2D eigenvalue weighted by atomic mass is 9.90. The quantitative estimate of drug-likeness (QED) is 0.856. The summed E-state index contributed by atoms with van der Waals surface area (Å²) in [6.07, 6.45) is 0. The topological polar surface area (TPSA) is 12.0 Å². The molecular weight excluding hydrogens is 218 g/mol. The van der Waals surface area contributed by atoms with Crippen LogP contribution in [0.3, 0.4) is 0 Å². The third-order valence-corrected chi connectivity index (χ3v) is 3.45. The molecule has 1 atom stereocenters. The molecule has 2 aromatic carbocycles. The predicted molar refractivity (Wildman–Crippen MR) is 78.0 cm³/mol. The Bertz CT molecular complexity index is 506. The molecule has 0 radical (unpaired) electrons. The van der Waals surface area contributed by atoms with Crippen molar-refractivity contribution in [1.29, 1.82) is 0 Å². The van der Waals surface area contributed by atoms with Crippen molar-refractivity contribution in [1.82, 2.24) is 5.32 Å². The molecule has 1 N–H and O–H groups in total. The van der Waals surface area contributed by atoms with Gasteiger partial charge in [-0.15, -0.1) is 0 Å². The normalized spacial score (nSPS) is 12.4. The van der Waals surface area contributed by atoms with Crippen LogP contribution in [0.1, 0.15) is 33.9 Å². The largest absolute Gasteiger partial charge is 0.309 e. The fourth-order valence-electron chi connectivity index (χ4n) is 2.77. The molecular formula is C17H21N. The van der Waals surface area contributed by atoms with Crippen molar-refractivity contribution in [3.8, 4) is 0 Å². The van der Waals surface area contributed by atoms with Crippen LogP contribution < -0.4 is 5.32 Å². The van der Waals surface area contributed by atoms with E-state index in [0.717, 1.165) is 0 Å². The minimum Gasteiger partial charge on any atom is -0.309 e. The molecule has 1 unspecified atom stereocenters. The molecule has 0 saturated heterocycles. The van der Waals surface area contributed by atoms with E-state index < -0.39 is 0 Å². The standard InChI is InChI=1S/C17H21N/c1-12-10-13(2)16(14(3)11-12)17(18-4)15-8-6-5-7-9-15/h5-11,17-18H,1-4H3. The summed E-state index contributed by atoms with van der Waals surface area (Å²) in [4.78, 5) is 0. The van der Waals surface area contributed by atoms with Crippen LogP contribution in [0.5, 0.6) is 0 Å². The van der Waals surface area contributed by atoms with Crippen molar-refractivity contribution in [2.24, 2.45) is 0 Å². The predicted octanol–water partition coefficient (Wildman–Crippen LogP) is 3.92. The van der Waals surface area contributed by atoms with E-state index in [4.69, 9.17) is 0 Å². The van der Waals surface area contributed by atoms with E-state index in [1.165, 1.54) is 27.8 Å². The van der Waals surface area contributed by atoms with E-state index >= 15 is 0 Å². The molecule has 0 aliphatic rings. The minimum atomic E-state index is 0.270. The van der Waals surface area contributed by atoms with Crippen molar-refractivity contribution in [3.63, 3.8) is 0 Å². The Labute approximate surface area is 110 Å². The Morgan fingerprint density at radius 2 is 1.44 bits per heavy atom. The van der Waals surface area contributed by atoms with Gasteiger partial charge in [0.25, 0.3) is 0 Å². The van der Waals surface area contributed by atoms with Crippen molar-refractivity contribution in [2.75, 3.05) is 7.05 Å². The zero-order valence-corrected chi connectivity index (χ0v) is 11.6. The van der Waals surface area contributed by atoms with Gasteiger partial charge in [-0.3, -0.25) is 0 Å². The Morgan fingerprint density at radius 3 is 1.94 bits per heavy atom. The summed E-state index contributed by atoms with van der Waals surface area (Å²) in [6.45, 7) is 6.55. The maximum Gasteiger partial charge on any atom is 0.0579 e. The van der Waals surface area contributed by atoms with Crippen LogP contribution in [0.15, 0.2) is 42.5 Å². The summed E-state index contributed by atoms with van der Waals surface area (Å²) in [6, 6.07) is 15.4. The second kappa shape index (κ2) is 5.36. The highest BCUT2D eigenvalue weighted by Gasteiger charge is 2.16. The van der Waals surface area contributed by atoms with Gasteiger partial charge in [-0.1, -0.05) is 48.0 Å². The first-order valence-corrected chi connectivity index (χ1v) is 6.43. The van der Waals surface area contributed by atoms with Crippen LogP contribution in [-0.4, -0.2) is 7.05 Å². The number of rotatable bonds is 3. The summed E-state index contributed by atoms with van der Waals surface area (Å²) in [7, 11) is 2.02. The third-order valence-electron chi connectivity index (χ3n) is 3.45. The van der Waals surface area contributed by atoms with Crippen molar-refractivity contribution >= 4 is 0 Å². The van der Waals surface area contributed by atoms with Crippen LogP contribution in [0, 0.1) is 20.8 Å². The van der Waals surface area contributed by atoms with Crippen LogP contribution in [0.25, 0.3) is 0 Å². The maximum atomic E-state index is 3.44.